The van der Waals surface area contributed by atoms with Crippen LogP contribution in [0, 0.1) is 0 Å². The molecule has 0 rings (SSSR count). The molecule has 108 valence electrons. The lowest BCUT2D eigenvalue weighted by molar-refractivity contribution is -0.141. The predicted octanol–water partition coefficient (Wildman–Crippen LogP) is 3.78. The second-order valence-electron chi connectivity index (χ2n) is 4.33. The second kappa shape index (κ2) is 15.9. The summed E-state index contributed by atoms with van der Waals surface area (Å²) in [6.07, 6.45) is 10.2. The smallest absolute Gasteiger partial charge is 0.302 e. The van der Waals surface area contributed by atoms with E-state index in [1.807, 2.05) is 0 Å². The van der Waals surface area contributed by atoms with E-state index in [0.29, 0.717) is 6.61 Å². The Balaban J connectivity index is 0. The van der Waals surface area contributed by atoms with Gasteiger partial charge in [0, 0.05) is 13.8 Å². The summed E-state index contributed by atoms with van der Waals surface area (Å²) in [5.41, 5.74) is 0. The van der Waals surface area contributed by atoms with E-state index in [1.165, 1.54) is 51.9 Å². The SMILES string of the molecule is CC(=O)O.CCCCCCCCCCOC(C)=O. The van der Waals surface area contributed by atoms with Gasteiger partial charge >= 0.3 is 5.97 Å². The first kappa shape index (κ1) is 19.3. The van der Waals surface area contributed by atoms with Gasteiger partial charge in [0.05, 0.1) is 6.61 Å². The number of hydrogen-bond donors (Lipinski definition) is 1. The van der Waals surface area contributed by atoms with E-state index in [1.54, 1.807) is 0 Å². The maximum Gasteiger partial charge on any atom is 0.302 e. The van der Waals surface area contributed by atoms with Crippen molar-refractivity contribution in [1.29, 1.82) is 0 Å². The van der Waals surface area contributed by atoms with Crippen LogP contribution in [0.4, 0.5) is 0 Å². The molecular weight excluding hydrogens is 232 g/mol. The third-order valence-electron chi connectivity index (χ3n) is 2.30. The van der Waals surface area contributed by atoms with Crippen molar-refractivity contribution in [1.82, 2.24) is 0 Å². The zero-order chi connectivity index (χ0) is 14.2. The highest BCUT2D eigenvalue weighted by molar-refractivity contribution is 5.65. The highest BCUT2D eigenvalue weighted by Gasteiger charge is 1.93. The monoisotopic (exact) mass is 260 g/mol. The molecule has 0 radical (unpaired) electrons. The summed E-state index contributed by atoms with van der Waals surface area (Å²) in [5.74, 6) is -0.993. The van der Waals surface area contributed by atoms with Crippen molar-refractivity contribution in [3.8, 4) is 0 Å². The molecule has 0 aromatic heterocycles. The van der Waals surface area contributed by atoms with Crippen LogP contribution < -0.4 is 0 Å². The minimum atomic E-state index is -0.833. The van der Waals surface area contributed by atoms with Crippen LogP contribution in [0.15, 0.2) is 0 Å². The van der Waals surface area contributed by atoms with Gasteiger partial charge in [0.1, 0.15) is 0 Å². The zero-order valence-electron chi connectivity index (χ0n) is 12.0. The summed E-state index contributed by atoms with van der Waals surface area (Å²) in [5, 5.41) is 7.42. The molecule has 0 atom stereocenters. The maximum atomic E-state index is 10.4. The Labute approximate surface area is 111 Å². The molecule has 0 spiro atoms. The second-order valence-corrected chi connectivity index (χ2v) is 4.33. The summed E-state index contributed by atoms with van der Waals surface area (Å²) in [6, 6.07) is 0. The Morgan fingerprint density at radius 3 is 1.67 bits per heavy atom. The van der Waals surface area contributed by atoms with Crippen molar-refractivity contribution in [3.05, 3.63) is 0 Å². The number of carbonyl (C=O) groups is 2. The molecule has 0 saturated heterocycles. The predicted molar refractivity (Wildman–Crippen MR) is 72.6 cm³/mol. The number of carboxylic acid groups (broad SMARTS) is 1. The van der Waals surface area contributed by atoms with Gasteiger partial charge in [0.15, 0.2) is 0 Å². The quantitative estimate of drug-likeness (QED) is 0.506. The molecule has 0 aliphatic heterocycles. The third-order valence-corrected chi connectivity index (χ3v) is 2.30. The van der Waals surface area contributed by atoms with Crippen LogP contribution in [0.2, 0.25) is 0 Å². The molecule has 0 aromatic carbocycles. The summed E-state index contributed by atoms with van der Waals surface area (Å²) in [7, 11) is 0. The number of unbranched alkanes of at least 4 members (excludes halogenated alkanes) is 7. The zero-order valence-corrected chi connectivity index (χ0v) is 12.0. The van der Waals surface area contributed by atoms with E-state index in [0.717, 1.165) is 13.3 Å². The van der Waals surface area contributed by atoms with Gasteiger partial charge in [0.2, 0.25) is 0 Å². The fourth-order valence-electron chi connectivity index (χ4n) is 1.45. The van der Waals surface area contributed by atoms with Crippen molar-refractivity contribution >= 4 is 11.9 Å². The van der Waals surface area contributed by atoms with E-state index in [4.69, 9.17) is 14.6 Å². The van der Waals surface area contributed by atoms with Gasteiger partial charge in [-0.2, -0.15) is 0 Å². The van der Waals surface area contributed by atoms with Crippen LogP contribution in [0.1, 0.15) is 72.1 Å². The normalized spacial score (nSPS) is 9.28. The van der Waals surface area contributed by atoms with Crippen LogP contribution in [0.3, 0.4) is 0 Å². The van der Waals surface area contributed by atoms with Crippen LogP contribution in [0.25, 0.3) is 0 Å². The maximum absolute atomic E-state index is 10.4. The number of ether oxygens (including phenoxy) is 1. The largest absolute Gasteiger partial charge is 0.481 e. The first-order valence-electron chi connectivity index (χ1n) is 6.83. The number of aliphatic carboxylic acids is 1. The molecule has 0 aliphatic rings. The van der Waals surface area contributed by atoms with Gasteiger partial charge in [-0.1, -0.05) is 51.9 Å². The van der Waals surface area contributed by atoms with E-state index >= 15 is 0 Å². The fraction of sp³-hybridized carbons (Fsp3) is 0.857. The Kier molecular flexibility index (Phi) is 17.1. The lowest BCUT2D eigenvalue weighted by Crippen LogP contribution is -1.99. The molecule has 0 heterocycles. The molecule has 4 heteroatoms. The Morgan fingerprint density at radius 2 is 1.28 bits per heavy atom. The fourth-order valence-corrected chi connectivity index (χ4v) is 1.45. The van der Waals surface area contributed by atoms with Gasteiger partial charge in [-0.25, -0.2) is 0 Å². The average molecular weight is 260 g/mol. The van der Waals surface area contributed by atoms with Crippen LogP contribution in [0.5, 0.6) is 0 Å². The lowest BCUT2D eigenvalue weighted by Gasteiger charge is -2.02. The van der Waals surface area contributed by atoms with E-state index in [9.17, 15) is 4.79 Å². The topological polar surface area (TPSA) is 63.6 Å². The van der Waals surface area contributed by atoms with Crippen LogP contribution in [-0.2, 0) is 14.3 Å². The molecule has 0 bridgehead atoms. The molecule has 4 nitrogen and oxygen atoms in total. The highest BCUT2D eigenvalue weighted by Crippen LogP contribution is 2.08. The van der Waals surface area contributed by atoms with Crippen LogP contribution in [-0.4, -0.2) is 23.7 Å². The van der Waals surface area contributed by atoms with Crippen molar-refractivity contribution in [2.45, 2.75) is 72.1 Å². The lowest BCUT2D eigenvalue weighted by atomic mass is 10.1. The average Bonchev–Trinajstić information content (AvgIpc) is 2.26. The van der Waals surface area contributed by atoms with Crippen LogP contribution >= 0.6 is 0 Å². The highest BCUT2D eigenvalue weighted by atomic mass is 16.5. The van der Waals surface area contributed by atoms with Gasteiger partial charge in [-0.05, 0) is 6.42 Å². The molecule has 0 saturated carbocycles. The molecule has 18 heavy (non-hydrogen) atoms. The van der Waals surface area contributed by atoms with Crippen molar-refractivity contribution in [2.24, 2.45) is 0 Å². The van der Waals surface area contributed by atoms with E-state index < -0.39 is 5.97 Å². The number of carbonyl (C=O) groups excluding carboxylic acids is 1. The van der Waals surface area contributed by atoms with E-state index in [2.05, 4.69) is 6.92 Å². The number of hydrogen-bond acceptors (Lipinski definition) is 3. The Morgan fingerprint density at radius 1 is 0.889 bits per heavy atom. The minimum absolute atomic E-state index is 0.159. The van der Waals surface area contributed by atoms with E-state index in [-0.39, 0.29) is 5.97 Å². The molecule has 0 aliphatic carbocycles. The molecule has 0 fully saturated rings. The number of rotatable bonds is 9. The number of esters is 1. The van der Waals surface area contributed by atoms with Gasteiger partial charge in [-0.3, -0.25) is 9.59 Å². The van der Waals surface area contributed by atoms with Crippen molar-refractivity contribution in [3.63, 3.8) is 0 Å². The van der Waals surface area contributed by atoms with Gasteiger partial charge < -0.3 is 9.84 Å². The van der Waals surface area contributed by atoms with Crippen molar-refractivity contribution < 1.29 is 19.4 Å². The van der Waals surface area contributed by atoms with Gasteiger partial charge in [0.25, 0.3) is 5.97 Å². The Bertz CT molecular complexity index is 198. The summed E-state index contributed by atoms with van der Waals surface area (Å²) < 4.78 is 4.85. The van der Waals surface area contributed by atoms with Gasteiger partial charge in [-0.15, -0.1) is 0 Å². The molecular formula is C14H28O4. The first-order valence-corrected chi connectivity index (χ1v) is 6.83. The summed E-state index contributed by atoms with van der Waals surface area (Å²) in [4.78, 5) is 19.4. The third kappa shape index (κ3) is 29.4. The Hall–Kier alpha value is -1.06. The summed E-state index contributed by atoms with van der Waals surface area (Å²) in [6.45, 7) is 5.38. The number of carboxylic acids is 1. The summed E-state index contributed by atoms with van der Waals surface area (Å²) >= 11 is 0. The molecule has 1 N–H and O–H groups in total. The molecule has 0 aromatic rings. The molecule has 0 unspecified atom stereocenters. The first-order chi connectivity index (χ1) is 8.50. The minimum Gasteiger partial charge on any atom is -0.481 e. The standard InChI is InChI=1S/C12H24O2.C2H4O2/c1-3-4-5-6-7-8-9-10-11-14-12(2)13;1-2(3)4/h3-11H2,1-2H3;1H3,(H,3,4). The molecule has 0 amide bonds. The van der Waals surface area contributed by atoms with Crippen molar-refractivity contribution in [2.75, 3.05) is 6.61 Å².